The highest BCUT2D eigenvalue weighted by Gasteiger charge is 2.39. The van der Waals surface area contributed by atoms with Gasteiger partial charge in [-0.1, -0.05) is 30.3 Å². The van der Waals surface area contributed by atoms with Crippen molar-refractivity contribution in [3.05, 3.63) is 48.0 Å². The van der Waals surface area contributed by atoms with E-state index in [1.165, 1.54) is 0 Å². The molecule has 1 amide bonds. The van der Waals surface area contributed by atoms with Crippen LogP contribution in [-0.2, 0) is 9.47 Å². The van der Waals surface area contributed by atoms with E-state index in [1.807, 2.05) is 41.3 Å². The van der Waals surface area contributed by atoms with Crippen molar-refractivity contribution in [2.45, 2.75) is 18.4 Å². The Morgan fingerprint density at radius 1 is 1.00 bits per heavy atom. The number of ether oxygens (including phenoxy) is 2. The molecule has 0 radical (unpaired) electrons. The van der Waals surface area contributed by atoms with Crippen molar-refractivity contribution >= 4 is 16.7 Å². The average Bonchev–Trinajstić information content (AvgIpc) is 2.61. The second kappa shape index (κ2) is 5.95. The molecule has 2 aliphatic rings. The summed E-state index contributed by atoms with van der Waals surface area (Å²) in [6.45, 7) is 3.38. The first-order valence-electron chi connectivity index (χ1n) is 8.26. The second-order valence-electron chi connectivity index (χ2n) is 6.43. The minimum atomic E-state index is -0.205. The lowest BCUT2D eigenvalue weighted by atomic mass is 9.91. The van der Waals surface area contributed by atoms with Gasteiger partial charge in [0.05, 0.1) is 18.8 Å². The molecule has 0 saturated carbocycles. The first-order valence-corrected chi connectivity index (χ1v) is 8.26. The lowest BCUT2D eigenvalue weighted by Gasteiger charge is -2.44. The summed E-state index contributed by atoms with van der Waals surface area (Å²) in [5.41, 5.74) is 0.552. The highest BCUT2D eigenvalue weighted by Crippen LogP contribution is 2.30. The Hall–Kier alpha value is -1.91. The molecule has 4 heteroatoms. The molecule has 0 aliphatic carbocycles. The Morgan fingerprint density at radius 3 is 2.61 bits per heavy atom. The summed E-state index contributed by atoms with van der Waals surface area (Å²) in [6.07, 6.45) is 1.74. The molecule has 120 valence electrons. The molecule has 0 atom stereocenters. The number of benzene rings is 2. The quantitative estimate of drug-likeness (QED) is 0.813. The molecule has 0 bridgehead atoms. The number of amides is 1. The predicted molar refractivity (Wildman–Crippen MR) is 88.6 cm³/mol. The fourth-order valence-electron chi connectivity index (χ4n) is 3.57. The molecule has 2 fully saturated rings. The minimum Gasteiger partial charge on any atom is -0.381 e. The van der Waals surface area contributed by atoms with Gasteiger partial charge in [-0.25, -0.2) is 0 Å². The van der Waals surface area contributed by atoms with Gasteiger partial charge in [-0.15, -0.1) is 0 Å². The molecule has 2 aliphatic heterocycles. The number of hydrogen-bond acceptors (Lipinski definition) is 3. The maximum Gasteiger partial charge on any atom is 0.254 e. The van der Waals surface area contributed by atoms with Crippen molar-refractivity contribution in [1.82, 2.24) is 4.90 Å². The third-order valence-electron chi connectivity index (χ3n) is 4.94. The average molecular weight is 311 g/mol. The summed E-state index contributed by atoms with van der Waals surface area (Å²) in [5.74, 6) is 0.102. The van der Waals surface area contributed by atoms with Gasteiger partial charge >= 0.3 is 0 Å². The SMILES string of the molecule is O=C(c1ccc2ccccc2c1)N1CCOC2(CCOCC2)C1. The maximum atomic E-state index is 12.9. The number of fused-ring (bicyclic) bond motifs is 1. The van der Waals surface area contributed by atoms with Crippen LogP contribution < -0.4 is 0 Å². The Kier molecular flexibility index (Phi) is 3.79. The van der Waals surface area contributed by atoms with E-state index in [1.54, 1.807) is 0 Å². The van der Waals surface area contributed by atoms with Gasteiger partial charge in [-0.3, -0.25) is 4.79 Å². The van der Waals surface area contributed by atoms with E-state index in [9.17, 15) is 4.79 Å². The standard InChI is InChI=1S/C19H21NO3/c21-18(17-6-5-15-3-1-2-4-16(15)13-17)20-9-12-23-19(14-20)7-10-22-11-8-19/h1-6,13H,7-12,14H2. The number of rotatable bonds is 1. The first kappa shape index (κ1) is 14.7. The van der Waals surface area contributed by atoms with Crippen LogP contribution in [0.2, 0.25) is 0 Å². The van der Waals surface area contributed by atoms with Gasteiger partial charge < -0.3 is 14.4 Å². The molecule has 4 rings (SSSR count). The van der Waals surface area contributed by atoms with Crippen molar-refractivity contribution in [2.75, 3.05) is 32.9 Å². The summed E-state index contributed by atoms with van der Waals surface area (Å²) in [4.78, 5) is 14.9. The molecule has 0 N–H and O–H groups in total. The number of nitrogens with zero attached hydrogens (tertiary/aromatic N) is 1. The summed E-state index contributed by atoms with van der Waals surface area (Å²) >= 11 is 0. The lowest BCUT2D eigenvalue weighted by molar-refractivity contribution is -0.146. The van der Waals surface area contributed by atoms with Crippen LogP contribution in [0.4, 0.5) is 0 Å². The smallest absolute Gasteiger partial charge is 0.254 e. The van der Waals surface area contributed by atoms with E-state index in [0.717, 1.165) is 42.4 Å². The van der Waals surface area contributed by atoms with Gasteiger partial charge in [-0.2, -0.15) is 0 Å². The Bertz CT molecular complexity index is 716. The van der Waals surface area contributed by atoms with Crippen LogP contribution in [-0.4, -0.2) is 49.3 Å². The van der Waals surface area contributed by atoms with Gasteiger partial charge in [0.1, 0.15) is 0 Å². The van der Waals surface area contributed by atoms with Gasteiger partial charge in [0.2, 0.25) is 0 Å². The monoisotopic (exact) mass is 311 g/mol. The van der Waals surface area contributed by atoms with E-state index < -0.39 is 0 Å². The van der Waals surface area contributed by atoms with Gasteiger partial charge in [0.25, 0.3) is 5.91 Å². The largest absolute Gasteiger partial charge is 0.381 e. The summed E-state index contributed by atoms with van der Waals surface area (Å²) in [7, 11) is 0. The van der Waals surface area contributed by atoms with Crippen molar-refractivity contribution in [3.63, 3.8) is 0 Å². The Morgan fingerprint density at radius 2 is 1.78 bits per heavy atom. The molecule has 1 spiro atoms. The molecular formula is C19H21NO3. The fraction of sp³-hybridized carbons (Fsp3) is 0.421. The van der Waals surface area contributed by atoms with Crippen molar-refractivity contribution in [2.24, 2.45) is 0 Å². The van der Waals surface area contributed by atoms with E-state index in [0.29, 0.717) is 19.7 Å². The van der Waals surface area contributed by atoms with Crippen LogP contribution in [0.25, 0.3) is 10.8 Å². The summed E-state index contributed by atoms with van der Waals surface area (Å²) in [6, 6.07) is 14.1. The predicted octanol–water partition coefficient (Wildman–Crippen LogP) is 2.86. The third-order valence-corrected chi connectivity index (χ3v) is 4.94. The van der Waals surface area contributed by atoms with Gasteiger partial charge in [-0.05, 0) is 22.9 Å². The molecular weight excluding hydrogens is 290 g/mol. The maximum absolute atomic E-state index is 12.9. The van der Waals surface area contributed by atoms with Crippen molar-refractivity contribution in [3.8, 4) is 0 Å². The van der Waals surface area contributed by atoms with E-state index >= 15 is 0 Å². The highest BCUT2D eigenvalue weighted by molar-refractivity contribution is 5.98. The van der Waals surface area contributed by atoms with E-state index in [4.69, 9.17) is 9.47 Å². The summed E-state index contributed by atoms with van der Waals surface area (Å²) < 4.78 is 11.5. The Labute approximate surface area is 136 Å². The van der Waals surface area contributed by atoms with Crippen LogP contribution >= 0.6 is 0 Å². The minimum absolute atomic E-state index is 0.102. The number of carbonyl (C=O) groups excluding carboxylic acids is 1. The third kappa shape index (κ3) is 2.84. The van der Waals surface area contributed by atoms with Gasteiger partial charge in [0.15, 0.2) is 0 Å². The molecule has 4 nitrogen and oxygen atoms in total. The van der Waals surface area contributed by atoms with E-state index in [2.05, 4.69) is 6.07 Å². The fourth-order valence-corrected chi connectivity index (χ4v) is 3.57. The number of carbonyl (C=O) groups is 1. The van der Waals surface area contributed by atoms with Crippen LogP contribution in [0, 0.1) is 0 Å². The van der Waals surface area contributed by atoms with Crippen molar-refractivity contribution < 1.29 is 14.3 Å². The van der Waals surface area contributed by atoms with Crippen LogP contribution in [0.1, 0.15) is 23.2 Å². The van der Waals surface area contributed by atoms with Crippen molar-refractivity contribution in [1.29, 1.82) is 0 Å². The zero-order valence-electron chi connectivity index (χ0n) is 13.2. The zero-order chi connectivity index (χ0) is 15.7. The molecule has 2 aromatic carbocycles. The highest BCUT2D eigenvalue weighted by atomic mass is 16.5. The number of morpholine rings is 1. The normalized spacial score (nSPS) is 20.8. The van der Waals surface area contributed by atoms with E-state index in [-0.39, 0.29) is 11.5 Å². The molecule has 0 aromatic heterocycles. The number of hydrogen-bond donors (Lipinski definition) is 0. The molecule has 0 unspecified atom stereocenters. The summed E-state index contributed by atoms with van der Waals surface area (Å²) in [5, 5.41) is 2.26. The molecule has 2 aromatic rings. The van der Waals surface area contributed by atoms with Crippen LogP contribution in [0.15, 0.2) is 42.5 Å². The van der Waals surface area contributed by atoms with Crippen LogP contribution in [0.5, 0.6) is 0 Å². The second-order valence-corrected chi connectivity index (χ2v) is 6.43. The lowest BCUT2D eigenvalue weighted by Crippen LogP contribution is -2.55. The molecule has 2 heterocycles. The topological polar surface area (TPSA) is 38.8 Å². The van der Waals surface area contributed by atoms with Gasteiger partial charge in [0, 0.05) is 38.2 Å². The first-order chi connectivity index (χ1) is 11.3. The van der Waals surface area contributed by atoms with Crippen LogP contribution in [0.3, 0.4) is 0 Å². The molecule has 2 saturated heterocycles. The zero-order valence-corrected chi connectivity index (χ0v) is 13.2. The Balaban J connectivity index is 1.57. The molecule has 23 heavy (non-hydrogen) atoms.